The van der Waals surface area contributed by atoms with E-state index < -0.39 is 10.0 Å². The lowest BCUT2D eigenvalue weighted by molar-refractivity contribution is 0.204. The number of imidazole rings is 1. The summed E-state index contributed by atoms with van der Waals surface area (Å²) in [6.45, 7) is 4.39. The first-order chi connectivity index (χ1) is 15.9. The van der Waals surface area contributed by atoms with Crippen molar-refractivity contribution in [3.05, 3.63) is 40.1 Å². The van der Waals surface area contributed by atoms with Crippen molar-refractivity contribution in [3.63, 3.8) is 0 Å². The largest absolute Gasteiger partial charge is 0.493 e. The van der Waals surface area contributed by atoms with Crippen molar-refractivity contribution >= 4 is 15.5 Å². The van der Waals surface area contributed by atoms with Crippen LogP contribution in [-0.2, 0) is 14.8 Å². The minimum atomic E-state index is -3.79. The van der Waals surface area contributed by atoms with Crippen molar-refractivity contribution in [1.29, 1.82) is 0 Å². The topological polar surface area (TPSA) is 128 Å². The number of nitrogens with one attached hydrogen (secondary N) is 2. The highest BCUT2D eigenvalue weighted by atomic mass is 32.2. The third-order valence-corrected chi connectivity index (χ3v) is 7.29. The average Bonchev–Trinajstić information content (AvgIpc) is 3.42. The highest BCUT2D eigenvalue weighted by Crippen LogP contribution is 2.34. The van der Waals surface area contributed by atoms with Crippen LogP contribution in [0.2, 0.25) is 0 Å². The number of ether oxygens (including phenoxy) is 2. The Kier molecular flexibility index (Phi) is 6.82. The first kappa shape index (κ1) is 23.4. The van der Waals surface area contributed by atoms with Gasteiger partial charge in [-0.3, -0.25) is 4.79 Å². The SMILES string of the molecule is CCOc1ccc(S(=O)(=O)NCCOC)cc1-c1nn2c(C3CCCC3)nc(C)c2c(=O)[nH]1. The van der Waals surface area contributed by atoms with Gasteiger partial charge in [0, 0.05) is 19.6 Å². The van der Waals surface area contributed by atoms with E-state index in [1.807, 2.05) is 6.92 Å². The van der Waals surface area contributed by atoms with Gasteiger partial charge in [-0.25, -0.2) is 22.6 Å². The quantitative estimate of drug-likeness (QED) is 0.455. The molecular formula is C22H29N5O5S. The summed E-state index contributed by atoms with van der Waals surface area (Å²) in [6.07, 6.45) is 4.26. The Morgan fingerprint density at radius 2 is 2.03 bits per heavy atom. The molecule has 1 aromatic carbocycles. The Bertz CT molecular complexity index is 1310. The molecule has 1 aliphatic rings. The van der Waals surface area contributed by atoms with Crippen molar-refractivity contribution in [2.75, 3.05) is 26.9 Å². The van der Waals surface area contributed by atoms with Crippen molar-refractivity contribution in [3.8, 4) is 17.1 Å². The maximum absolute atomic E-state index is 13.0. The van der Waals surface area contributed by atoms with E-state index in [-0.39, 0.29) is 35.3 Å². The smallest absolute Gasteiger partial charge is 0.277 e. The minimum absolute atomic E-state index is 0.0395. The van der Waals surface area contributed by atoms with E-state index in [1.54, 1.807) is 17.5 Å². The molecule has 4 rings (SSSR count). The van der Waals surface area contributed by atoms with Gasteiger partial charge in [0.2, 0.25) is 10.0 Å². The zero-order valence-corrected chi connectivity index (χ0v) is 19.9. The van der Waals surface area contributed by atoms with Crippen LogP contribution in [0.25, 0.3) is 16.9 Å². The number of methoxy groups -OCH3 is 1. The van der Waals surface area contributed by atoms with Gasteiger partial charge < -0.3 is 14.5 Å². The first-order valence-corrected chi connectivity index (χ1v) is 12.6. The number of hydrogen-bond donors (Lipinski definition) is 2. The molecule has 2 heterocycles. The normalized spacial score (nSPS) is 14.9. The summed E-state index contributed by atoms with van der Waals surface area (Å²) < 4.78 is 40.3. The molecule has 10 nitrogen and oxygen atoms in total. The van der Waals surface area contributed by atoms with Crippen molar-refractivity contribution in [2.24, 2.45) is 0 Å². The maximum Gasteiger partial charge on any atom is 0.277 e. The van der Waals surface area contributed by atoms with Crippen LogP contribution in [0.15, 0.2) is 27.9 Å². The number of benzene rings is 1. The zero-order valence-electron chi connectivity index (χ0n) is 19.1. The van der Waals surface area contributed by atoms with Gasteiger partial charge in [-0.05, 0) is 44.9 Å². The Morgan fingerprint density at radius 1 is 1.27 bits per heavy atom. The van der Waals surface area contributed by atoms with E-state index >= 15 is 0 Å². The molecule has 1 fully saturated rings. The molecule has 0 aliphatic heterocycles. The fourth-order valence-electron chi connectivity index (χ4n) is 4.27. The van der Waals surface area contributed by atoms with Crippen LogP contribution in [0.5, 0.6) is 5.75 Å². The third-order valence-electron chi connectivity index (χ3n) is 5.84. The van der Waals surface area contributed by atoms with Crippen LogP contribution in [0.1, 0.15) is 50.0 Å². The highest BCUT2D eigenvalue weighted by molar-refractivity contribution is 7.89. The van der Waals surface area contributed by atoms with Gasteiger partial charge in [0.05, 0.1) is 29.4 Å². The van der Waals surface area contributed by atoms with Gasteiger partial charge in [0.15, 0.2) is 11.3 Å². The number of rotatable bonds is 9. The molecule has 2 N–H and O–H groups in total. The summed E-state index contributed by atoms with van der Waals surface area (Å²) in [6, 6.07) is 4.50. The summed E-state index contributed by atoms with van der Waals surface area (Å²) in [5.74, 6) is 1.67. The molecule has 0 radical (unpaired) electrons. The maximum atomic E-state index is 13.0. The van der Waals surface area contributed by atoms with Gasteiger partial charge in [-0.15, -0.1) is 5.10 Å². The van der Waals surface area contributed by atoms with E-state index in [1.165, 1.54) is 19.2 Å². The average molecular weight is 476 g/mol. The van der Waals surface area contributed by atoms with Crippen LogP contribution in [0, 0.1) is 6.92 Å². The van der Waals surface area contributed by atoms with E-state index in [2.05, 4.69) is 14.7 Å². The number of sulfonamides is 1. The van der Waals surface area contributed by atoms with Crippen molar-refractivity contribution in [1.82, 2.24) is 24.3 Å². The summed E-state index contributed by atoms with van der Waals surface area (Å²) in [5.41, 5.74) is 1.09. The fourth-order valence-corrected chi connectivity index (χ4v) is 5.31. The highest BCUT2D eigenvalue weighted by Gasteiger charge is 2.26. The molecular weight excluding hydrogens is 446 g/mol. The summed E-state index contributed by atoms with van der Waals surface area (Å²) >= 11 is 0. The molecule has 0 unspecified atom stereocenters. The fraction of sp³-hybridized carbons (Fsp3) is 0.500. The second-order valence-corrected chi connectivity index (χ2v) is 9.85. The monoisotopic (exact) mass is 475 g/mol. The standard InChI is InChI=1S/C22H29N5O5S/c1-4-32-18-10-9-16(33(29,30)23-11-12-31-3)13-17(18)20-25-22(28)19-14(2)24-21(27(19)26-20)15-7-5-6-8-15/h9-10,13,15,23H,4-8,11-12H2,1-3H3,(H,25,26,28). The number of hydrogen-bond acceptors (Lipinski definition) is 7. The van der Waals surface area contributed by atoms with Gasteiger partial charge in [0.25, 0.3) is 5.56 Å². The number of nitrogens with zero attached hydrogens (tertiary/aromatic N) is 3. The molecule has 0 atom stereocenters. The third kappa shape index (κ3) is 4.66. The van der Waals surface area contributed by atoms with E-state index in [4.69, 9.17) is 14.6 Å². The van der Waals surface area contributed by atoms with Crippen LogP contribution < -0.4 is 15.0 Å². The molecule has 0 saturated heterocycles. The lowest BCUT2D eigenvalue weighted by atomic mass is 10.1. The van der Waals surface area contributed by atoms with E-state index in [0.29, 0.717) is 29.1 Å². The van der Waals surface area contributed by atoms with Crippen molar-refractivity contribution in [2.45, 2.75) is 50.3 Å². The number of aromatic amines is 1. The minimum Gasteiger partial charge on any atom is -0.493 e. The lowest BCUT2D eigenvalue weighted by Crippen LogP contribution is -2.27. The second-order valence-electron chi connectivity index (χ2n) is 8.08. The molecule has 0 amide bonds. The Morgan fingerprint density at radius 3 is 2.73 bits per heavy atom. The molecule has 2 aromatic heterocycles. The Hall–Kier alpha value is -2.76. The summed E-state index contributed by atoms with van der Waals surface area (Å²) in [5, 5.41) is 4.70. The number of aryl methyl sites for hydroxylation is 1. The van der Waals surface area contributed by atoms with Gasteiger partial charge in [-0.2, -0.15) is 0 Å². The van der Waals surface area contributed by atoms with E-state index in [9.17, 15) is 13.2 Å². The molecule has 1 saturated carbocycles. The predicted octanol–water partition coefficient (Wildman–Crippen LogP) is 2.37. The zero-order chi connectivity index (χ0) is 23.6. The van der Waals surface area contributed by atoms with Gasteiger partial charge in [-0.1, -0.05) is 12.8 Å². The molecule has 178 valence electrons. The number of H-pyrrole nitrogens is 1. The molecule has 33 heavy (non-hydrogen) atoms. The van der Waals surface area contributed by atoms with Gasteiger partial charge in [0.1, 0.15) is 11.6 Å². The van der Waals surface area contributed by atoms with Crippen LogP contribution in [0.3, 0.4) is 0 Å². The Labute approximate surface area is 192 Å². The molecule has 0 bridgehead atoms. The van der Waals surface area contributed by atoms with E-state index in [0.717, 1.165) is 31.5 Å². The Balaban J connectivity index is 1.85. The lowest BCUT2D eigenvalue weighted by Gasteiger charge is -2.13. The number of aromatic nitrogens is 4. The second kappa shape index (κ2) is 9.62. The van der Waals surface area contributed by atoms with Crippen LogP contribution in [-0.4, -0.2) is 54.9 Å². The van der Waals surface area contributed by atoms with Crippen LogP contribution >= 0.6 is 0 Å². The van der Waals surface area contributed by atoms with Crippen molar-refractivity contribution < 1.29 is 17.9 Å². The van der Waals surface area contributed by atoms with Gasteiger partial charge >= 0.3 is 0 Å². The summed E-state index contributed by atoms with van der Waals surface area (Å²) in [4.78, 5) is 20.5. The molecule has 0 spiro atoms. The summed E-state index contributed by atoms with van der Waals surface area (Å²) in [7, 11) is -2.29. The molecule has 3 aromatic rings. The molecule has 1 aliphatic carbocycles. The van der Waals surface area contributed by atoms with Crippen LogP contribution in [0.4, 0.5) is 0 Å². The first-order valence-electron chi connectivity index (χ1n) is 11.1. The predicted molar refractivity (Wildman–Crippen MR) is 123 cm³/mol. The number of fused-ring (bicyclic) bond motifs is 1. The molecule has 11 heteroatoms.